The average molecular weight is 494 g/mol. The number of ether oxygens (including phenoxy) is 1. The number of aryl methyl sites for hydroxylation is 3. The maximum Gasteiger partial charge on any atom is 0.290 e. The minimum absolute atomic E-state index is 0.0832. The predicted molar refractivity (Wildman–Crippen MR) is 131 cm³/mol. The molecule has 3 aromatic heterocycles. The number of nitrogens with one attached hydrogen (secondary N) is 1. The highest BCUT2D eigenvalue weighted by Gasteiger charge is 2.35. The molecule has 1 aromatic carbocycles. The Kier molecular flexibility index (Phi) is 5.31. The molecule has 36 heavy (non-hydrogen) atoms. The molecular formula is C25H27FN8O2. The molecule has 10 nitrogen and oxygen atoms in total. The van der Waals surface area contributed by atoms with Crippen LogP contribution in [0.3, 0.4) is 0 Å². The fourth-order valence-electron chi connectivity index (χ4n) is 4.18. The van der Waals surface area contributed by atoms with Gasteiger partial charge in [0.2, 0.25) is 5.95 Å². The maximum absolute atomic E-state index is 14.2. The fraction of sp³-hybridized carbons (Fsp3) is 0.320. The summed E-state index contributed by atoms with van der Waals surface area (Å²) in [5.74, 6) is 0.154. The van der Waals surface area contributed by atoms with Gasteiger partial charge in [0.25, 0.3) is 5.91 Å². The molecule has 0 radical (unpaired) electrons. The number of nitrogens with zero attached hydrogens (tertiary/aromatic N) is 7. The van der Waals surface area contributed by atoms with Crippen LogP contribution >= 0.6 is 0 Å². The Morgan fingerprint density at radius 2 is 2.14 bits per heavy atom. The molecule has 1 amide bonds. The number of methoxy groups -OCH3 is 1. The first-order valence-electron chi connectivity index (χ1n) is 12.8. The van der Waals surface area contributed by atoms with Gasteiger partial charge >= 0.3 is 0 Å². The first-order valence-corrected chi connectivity index (χ1v) is 11.3. The normalized spacial score (nSPS) is 16.9. The molecule has 11 heteroatoms. The lowest BCUT2D eigenvalue weighted by atomic mass is 10.1. The molecular weight excluding hydrogens is 463 g/mol. The Labute approximate surface area is 212 Å². The number of benzene rings is 1. The lowest BCUT2D eigenvalue weighted by Crippen LogP contribution is -2.49. The van der Waals surface area contributed by atoms with Crippen molar-refractivity contribution in [2.24, 2.45) is 7.05 Å². The summed E-state index contributed by atoms with van der Waals surface area (Å²) in [5, 5.41) is 7.11. The highest BCUT2D eigenvalue weighted by Crippen LogP contribution is 2.27. The van der Waals surface area contributed by atoms with E-state index >= 15 is 0 Å². The lowest BCUT2D eigenvalue weighted by Gasteiger charge is -2.35. The van der Waals surface area contributed by atoms with Gasteiger partial charge in [-0.15, -0.1) is 0 Å². The Bertz CT molecular complexity index is 1530. The van der Waals surface area contributed by atoms with Gasteiger partial charge in [-0.05, 0) is 36.5 Å². The molecule has 1 unspecified atom stereocenters. The molecule has 0 fully saturated rings. The van der Waals surface area contributed by atoms with E-state index in [9.17, 15) is 9.18 Å². The van der Waals surface area contributed by atoms with E-state index in [1.54, 1.807) is 65.8 Å². The van der Waals surface area contributed by atoms with Crippen LogP contribution in [-0.4, -0.2) is 59.9 Å². The van der Waals surface area contributed by atoms with Crippen LogP contribution in [0.5, 0.6) is 0 Å². The van der Waals surface area contributed by atoms with Crippen LogP contribution in [0.15, 0.2) is 42.9 Å². The largest absolute Gasteiger partial charge is 0.382 e. The smallest absolute Gasteiger partial charge is 0.290 e. The topological polar surface area (TPSA) is 103 Å². The minimum atomic E-state index is -2.52. The molecule has 0 saturated heterocycles. The number of rotatable bonds is 7. The number of hydrogen-bond acceptors (Lipinski definition) is 7. The van der Waals surface area contributed by atoms with E-state index in [1.807, 2.05) is 0 Å². The Morgan fingerprint density at radius 1 is 1.28 bits per heavy atom. The molecule has 1 aliphatic heterocycles. The molecule has 186 valence electrons. The van der Waals surface area contributed by atoms with E-state index < -0.39 is 6.85 Å². The second kappa shape index (κ2) is 9.50. The number of halogens is 1. The standard InChI is InChI=1S/C25H27FN8O2/c1-15-5-6-17(9-19(15)26)11-34-18(14-36-4)12-33-13-20(29-23(33)24(34)35)22-16(2)10-27-25(31-22)30-21-7-8-28-32(21)3/h5-10,13,18H,11-12,14H2,1-4H3,(H,27,30,31)/i2D3. The van der Waals surface area contributed by atoms with Gasteiger partial charge in [0.15, 0.2) is 5.82 Å². The molecule has 0 spiro atoms. The van der Waals surface area contributed by atoms with E-state index in [0.717, 1.165) is 0 Å². The van der Waals surface area contributed by atoms with Crippen molar-refractivity contribution in [3.8, 4) is 11.4 Å². The molecule has 4 aromatic rings. The highest BCUT2D eigenvalue weighted by atomic mass is 19.1. The van der Waals surface area contributed by atoms with Crippen LogP contribution in [0, 0.1) is 19.6 Å². The van der Waals surface area contributed by atoms with Crippen LogP contribution in [0.25, 0.3) is 11.4 Å². The maximum atomic E-state index is 14.2. The van der Waals surface area contributed by atoms with E-state index in [0.29, 0.717) is 23.5 Å². The van der Waals surface area contributed by atoms with Crippen LogP contribution in [0.2, 0.25) is 0 Å². The van der Waals surface area contributed by atoms with Crippen LogP contribution in [0.4, 0.5) is 16.2 Å². The molecule has 4 heterocycles. The second-order valence-electron chi connectivity index (χ2n) is 8.65. The number of amides is 1. The van der Waals surface area contributed by atoms with Gasteiger partial charge in [-0.3, -0.25) is 9.48 Å². The summed E-state index contributed by atoms with van der Waals surface area (Å²) in [5.41, 5.74) is 1.36. The monoisotopic (exact) mass is 493 g/mol. The summed E-state index contributed by atoms with van der Waals surface area (Å²) in [4.78, 5) is 28.4. The minimum Gasteiger partial charge on any atom is -0.382 e. The van der Waals surface area contributed by atoms with Crippen molar-refractivity contribution >= 4 is 17.7 Å². The summed E-state index contributed by atoms with van der Waals surface area (Å²) in [6.45, 7) is -0.0757. The van der Waals surface area contributed by atoms with Crippen molar-refractivity contribution in [2.45, 2.75) is 32.9 Å². The third-order valence-corrected chi connectivity index (χ3v) is 6.12. The SMILES string of the molecule is [2H]C([2H])([2H])c1cnc(Nc2ccnn2C)nc1-c1cn2c(n1)C(=O)N(Cc1ccc(C)c(F)c1)C(COC)C2. The van der Waals surface area contributed by atoms with Gasteiger partial charge in [0, 0.05) is 49.8 Å². The number of carbonyl (C=O) groups excluding carboxylic acids is 1. The van der Waals surface area contributed by atoms with Gasteiger partial charge in [0.1, 0.15) is 17.3 Å². The first-order chi connectivity index (χ1) is 18.5. The van der Waals surface area contributed by atoms with Gasteiger partial charge in [-0.2, -0.15) is 5.10 Å². The molecule has 1 atom stereocenters. The van der Waals surface area contributed by atoms with Gasteiger partial charge in [-0.1, -0.05) is 12.1 Å². The zero-order chi connectivity index (χ0) is 27.9. The lowest BCUT2D eigenvalue weighted by molar-refractivity contribution is 0.0380. The zero-order valence-electron chi connectivity index (χ0n) is 23.1. The molecule has 0 bridgehead atoms. The van der Waals surface area contributed by atoms with Gasteiger partial charge < -0.3 is 19.5 Å². The highest BCUT2D eigenvalue weighted by molar-refractivity contribution is 5.92. The second-order valence-corrected chi connectivity index (χ2v) is 8.65. The number of imidazole rings is 1. The van der Waals surface area contributed by atoms with Crippen LogP contribution < -0.4 is 5.32 Å². The molecule has 0 aliphatic carbocycles. The van der Waals surface area contributed by atoms with Gasteiger partial charge in [0.05, 0.1) is 24.5 Å². The van der Waals surface area contributed by atoms with E-state index in [1.165, 1.54) is 12.3 Å². The average Bonchev–Trinajstić information content (AvgIpc) is 3.49. The van der Waals surface area contributed by atoms with E-state index in [2.05, 4.69) is 25.4 Å². The fourth-order valence-corrected chi connectivity index (χ4v) is 4.18. The quantitative estimate of drug-likeness (QED) is 0.422. The molecule has 1 N–H and O–H groups in total. The summed E-state index contributed by atoms with van der Waals surface area (Å²) in [6, 6.07) is 6.24. The Hall–Kier alpha value is -4.12. The number of aromatic nitrogens is 6. The van der Waals surface area contributed by atoms with Crippen molar-refractivity contribution < 1.29 is 18.0 Å². The number of carbonyl (C=O) groups is 1. The Morgan fingerprint density at radius 3 is 2.86 bits per heavy atom. The van der Waals surface area contributed by atoms with Gasteiger partial charge in [-0.25, -0.2) is 19.3 Å². The van der Waals surface area contributed by atoms with Crippen molar-refractivity contribution in [3.05, 3.63) is 71.2 Å². The van der Waals surface area contributed by atoms with Crippen molar-refractivity contribution in [2.75, 3.05) is 19.0 Å². The third kappa shape index (κ3) is 4.44. The number of anilines is 2. The number of hydrogen-bond donors (Lipinski definition) is 1. The van der Waals surface area contributed by atoms with E-state index in [-0.39, 0.29) is 59.6 Å². The van der Waals surface area contributed by atoms with Crippen molar-refractivity contribution in [1.29, 1.82) is 0 Å². The molecule has 1 aliphatic rings. The van der Waals surface area contributed by atoms with Crippen molar-refractivity contribution in [1.82, 2.24) is 34.2 Å². The first kappa shape index (κ1) is 20.1. The molecule has 5 rings (SSSR count). The summed E-state index contributed by atoms with van der Waals surface area (Å²) in [7, 11) is 3.28. The summed E-state index contributed by atoms with van der Waals surface area (Å²) >= 11 is 0. The number of fused-ring (bicyclic) bond motifs is 1. The predicted octanol–water partition coefficient (Wildman–Crippen LogP) is 3.24. The van der Waals surface area contributed by atoms with Crippen LogP contribution in [0.1, 0.15) is 31.4 Å². The third-order valence-electron chi connectivity index (χ3n) is 6.12. The Balaban J connectivity index is 1.53. The summed E-state index contributed by atoms with van der Waals surface area (Å²) < 4.78 is 46.8. The summed E-state index contributed by atoms with van der Waals surface area (Å²) in [6.07, 6.45) is 4.45. The van der Waals surface area contributed by atoms with E-state index in [4.69, 9.17) is 8.85 Å². The zero-order valence-corrected chi connectivity index (χ0v) is 20.1. The van der Waals surface area contributed by atoms with Crippen LogP contribution in [-0.2, 0) is 24.9 Å². The molecule has 0 saturated carbocycles. The van der Waals surface area contributed by atoms with Crippen molar-refractivity contribution in [3.63, 3.8) is 0 Å².